The van der Waals surface area contributed by atoms with Gasteiger partial charge in [0, 0.05) is 0 Å². The average Bonchev–Trinajstić information content (AvgIpc) is 2.25. The summed E-state index contributed by atoms with van der Waals surface area (Å²) in [4.78, 5) is -1.54. The van der Waals surface area contributed by atoms with Crippen LogP contribution in [0.25, 0.3) is 0 Å². The van der Waals surface area contributed by atoms with Gasteiger partial charge in [0.25, 0.3) is 0 Å². The van der Waals surface area contributed by atoms with Crippen LogP contribution in [0.4, 0.5) is 13.2 Å². The molecule has 0 aromatic carbocycles. The van der Waals surface area contributed by atoms with Gasteiger partial charge in [-0.3, -0.25) is 0 Å². The predicted octanol–water partition coefficient (Wildman–Crippen LogP) is 4.30. The van der Waals surface area contributed by atoms with Gasteiger partial charge in [-0.25, -0.2) is 0 Å². The smallest absolute Gasteiger partial charge is 0.377 e. The third kappa shape index (κ3) is 4.62. The van der Waals surface area contributed by atoms with Crippen molar-refractivity contribution in [3.63, 3.8) is 0 Å². The zero-order chi connectivity index (χ0) is 12.2. The molecule has 1 saturated carbocycles. The normalized spacial score (nSPS) is 29.1. The highest BCUT2D eigenvalue weighted by Crippen LogP contribution is 2.31. The second-order valence-corrected chi connectivity index (χ2v) is 5.51. The fourth-order valence-electron chi connectivity index (χ4n) is 2.08. The van der Waals surface area contributed by atoms with E-state index in [1.165, 1.54) is 6.42 Å². The fourth-order valence-corrected chi connectivity index (χ4v) is 2.23. The SMILES string of the molecule is CCC1CCCC(OCC(Br)C(F)(F)F)C1. The molecule has 0 aromatic rings. The van der Waals surface area contributed by atoms with Crippen LogP contribution in [-0.4, -0.2) is 23.7 Å². The van der Waals surface area contributed by atoms with Crippen molar-refractivity contribution >= 4 is 15.9 Å². The molecule has 1 rings (SSSR count). The fraction of sp³-hybridized carbons (Fsp3) is 1.00. The summed E-state index contributed by atoms with van der Waals surface area (Å²) in [5.41, 5.74) is 0. The number of hydrogen-bond acceptors (Lipinski definition) is 1. The van der Waals surface area contributed by atoms with Crippen LogP contribution in [-0.2, 0) is 4.74 Å². The van der Waals surface area contributed by atoms with Gasteiger partial charge in [0.2, 0.25) is 0 Å². The van der Waals surface area contributed by atoms with E-state index in [1.807, 2.05) is 0 Å². The van der Waals surface area contributed by atoms with Crippen LogP contribution in [0.15, 0.2) is 0 Å². The average molecular weight is 303 g/mol. The van der Waals surface area contributed by atoms with E-state index >= 15 is 0 Å². The molecule has 16 heavy (non-hydrogen) atoms. The monoisotopic (exact) mass is 302 g/mol. The molecular weight excluding hydrogens is 285 g/mol. The molecular formula is C11H18BrF3O. The van der Waals surface area contributed by atoms with Crippen molar-refractivity contribution in [3.05, 3.63) is 0 Å². The summed E-state index contributed by atoms with van der Waals surface area (Å²) >= 11 is 2.61. The molecule has 0 amide bonds. The first kappa shape index (κ1) is 14.3. The number of halogens is 4. The molecule has 3 atom stereocenters. The van der Waals surface area contributed by atoms with E-state index in [0.29, 0.717) is 5.92 Å². The second-order valence-electron chi connectivity index (χ2n) is 4.41. The van der Waals surface area contributed by atoms with E-state index < -0.39 is 11.0 Å². The highest BCUT2D eigenvalue weighted by atomic mass is 79.9. The molecule has 0 N–H and O–H groups in total. The summed E-state index contributed by atoms with van der Waals surface area (Å²) in [5.74, 6) is 0.624. The van der Waals surface area contributed by atoms with Gasteiger partial charge in [0.05, 0.1) is 12.7 Å². The Morgan fingerprint density at radius 2 is 2.06 bits per heavy atom. The van der Waals surface area contributed by atoms with Crippen LogP contribution in [0.5, 0.6) is 0 Å². The van der Waals surface area contributed by atoms with Crippen LogP contribution in [0.2, 0.25) is 0 Å². The topological polar surface area (TPSA) is 9.23 Å². The van der Waals surface area contributed by atoms with Crippen molar-refractivity contribution in [2.45, 2.75) is 56.1 Å². The Morgan fingerprint density at radius 3 is 2.62 bits per heavy atom. The summed E-state index contributed by atoms with van der Waals surface area (Å²) in [6.07, 6.45) is 0.967. The number of hydrogen-bond donors (Lipinski definition) is 0. The zero-order valence-electron chi connectivity index (χ0n) is 9.39. The molecule has 0 radical (unpaired) electrons. The molecule has 1 fully saturated rings. The number of rotatable bonds is 4. The van der Waals surface area contributed by atoms with Crippen molar-refractivity contribution in [2.75, 3.05) is 6.61 Å². The van der Waals surface area contributed by atoms with Crippen LogP contribution in [0.1, 0.15) is 39.0 Å². The lowest BCUT2D eigenvalue weighted by Crippen LogP contribution is -2.31. The molecule has 0 spiro atoms. The number of alkyl halides is 4. The zero-order valence-corrected chi connectivity index (χ0v) is 11.0. The Hall–Kier alpha value is 0.230. The van der Waals surface area contributed by atoms with Crippen LogP contribution < -0.4 is 0 Å². The first-order valence-corrected chi connectivity index (χ1v) is 6.67. The summed E-state index contributed by atoms with van der Waals surface area (Å²) in [6.45, 7) is 1.85. The van der Waals surface area contributed by atoms with E-state index in [0.717, 1.165) is 25.7 Å². The Morgan fingerprint density at radius 1 is 1.38 bits per heavy atom. The van der Waals surface area contributed by atoms with E-state index in [9.17, 15) is 13.2 Å². The highest BCUT2D eigenvalue weighted by Gasteiger charge is 2.38. The van der Waals surface area contributed by atoms with E-state index in [4.69, 9.17) is 4.74 Å². The first-order chi connectivity index (χ1) is 7.43. The lowest BCUT2D eigenvalue weighted by Gasteiger charge is -2.29. The molecule has 0 saturated heterocycles. The molecule has 96 valence electrons. The lowest BCUT2D eigenvalue weighted by atomic mass is 9.85. The van der Waals surface area contributed by atoms with Crippen LogP contribution in [0.3, 0.4) is 0 Å². The lowest BCUT2D eigenvalue weighted by molar-refractivity contribution is -0.142. The predicted molar refractivity (Wildman–Crippen MR) is 60.8 cm³/mol. The van der Waals surface area contributed by atoms with E-state index in [2.05, 4.69) is 22.9 Å². The van der Waals surface area contributed by atoms with E-state index in [1.54, 1.807) is 0 Å². The van der Waals surface area contributed by atoms with Gasteiger partial charge < -0.3 is 4.74 Å². The molecule has 0 bridgehead atoms. The highest BCUT2D eigenvalue weighted by molar-refractivity contribution is 9.09. The maximum absolute atomic E-state index is 12.2. The summed E-state index contributed by atoms with van der Waals surface area (Å²) in [7, 11) is 0. The van der Waals surface area contributed by atoms with Crippen molar-refractivity contribution < 1.29 is 17.9 Å². The molecule has 1 nitrogen and oxygen atoms in total. The summed E-state index contributed by atoms with van der Waals surface area (Å²) in [5, 5.41) is 0. The van der Waals surface area contributed by atoms with Gasteiger partial charge in [-0.1, -0.05) is 42.1 Å². The van der Waals surface area contributed by atoms with E-state index in [-0.39, 0.29) is 12.7 Å². The van der Waals surface area contributed by atoms with Gasteiger partial charge in [-0.15, -0.1) is 0 Å². The Balaban J connectivity index is 2.27. The van der Waals surface area contributed by atoms with Gasteiger partial charge in [-0.05, 0) is 18.8 Å². The Bertz CT molecular complexity index is 208. The van der Waals surface area contributed by atoms with Gasteiger partial charge in [-0.2, -0.15) is 13.2 Å². The molecule has 1 aliphatic carbocycles. The van der Waals surface area contributed by atoms with Gasteiger partial charge in [0.1, 0.15) is 4.83 Å². The van der Waals surface area contributed by atoms with Crippen molar-refractivity contribution in [2.24, 2.45) is 5.92 Å². The molecule has 0 aromatic heterocycles. The molecule has 0 aliphatic heterocycles. The van der Waals surface area contributed by atoms with Gasteiger partial charge >= 0.3 is 6.18 Å². The van der Waals surface area contributed by atoms with Crippen molar-refractivity contribution in [1.29, 1.82) is 0 Å². The largest absolute Gasteiger partial charge is 0.403 e. The maximum atomic E-state index is 12.2. The minimum atomic E-state index is -4.21. The quantitative estimate of drug-likeness (QED) is 0.704. The van der Waals surface area contributed by atoms with Crippen molar-refractivity contribution in [1.82, 2.24) is 0 Å². The van der Waals surface area contributed by atoms with Crippen LogP contribution in [0, 0.1) is 5.92 Å². The first-order valence-electron chi connectivity index (χ1n) is 5.75. The molecule has 1 aliphatic rings. The number of ether oxygens (including phenoxy) is 1. The third-order valence-corrected chi connectivity index (χ3v) is 3.93. The molecule has 3 unspecified atom stereocenters. The molecule has 0 heterocycles. The van der Waals surface area contributed by atoms with Gasteiger partial charge in [0.15, 0.2) is 0 Å². The minimum absolute atomic E-state index is 0.0149. The minimum Gasteiger partial charge on any atom is -0.377 e. The standard InChI is InChI=1S/C11H18BrF3O/c1-2-8-4-3-5-9(6-8)16-7-10(12)11(13,14)15/h8-10H,2-7H2,1H3. The second kappa shape index (κ2) is 6.24. The maximum Gasteiger partial charge on any atom is 0.403 e. The summed E-state index contributed by atoms with van der Waals surface area (Å²) < 4.78 is 42.0. The van der Waals surface area contributed by atoms with Crippen LogP contribution >= 0.6 is 15.9 Å². The third-order valence-electron chi connectivity index (χ3n) is 3.15. The Labute approximate surface area is 103 Å². The Kier molecular flexibility index (Phi) is 5.57. The van der Waals surface area contributed by atoms with Crippen molar-refractivity contribution in [3.8, 4) is 0 Å². The summed E-state index contributed by atoms with van der Waals surface area (Å²) in [6, 6.07) is 0. The molecule has 5 heteroatoms.